The fraction of sp³-hybridized carbons (Fsp3) is 0.370. The van der Waals surface area contributed by atoms with E-state index in [1.807, 2.05) is 53.3 Å². The molecule has 0 unspecified atom stereocenters. The number of amides is 1. The fourth-order valence-electron chi connectivity index (χ4n) is 4.79. The molecule has 0 atom stereocenters. The zero-order valence-corrected chi connectivity index (χ0v) is 19.8. The second kappa shape index (κ2) is 9.81. The first-order valence-electron chi connectivity index (χ1n) is 12.2. The van der Waals surface area contributed by atoms with Gasteiger partial charge in [-0.2, -0.15) is 5.10 Å². The summed E-state index contributed by atoms with van der Waals surface area (Å²) in [6, 6.07) is 14.1. The van der Waals surface area contributed by atoms with Crippen LogP contribution in [0.5, 0.6) is 0 Å². The number of aromatic nitrogens is 3. The van der Waals surface area contributed by atoms with E-state index in [0.29, 0.717) is 18.2 Å². The third kappa shape index (κ3) is 4.23. The topological polar surface area (TPSA) is 81.1 Å². The van der Waals surface area contributed by atoms with E-state index >= 15 is 0 Å². The number of benzene rings is 2. The molecule has 2 N–H and O–H groups in total. The van der Waals surface area contributed by atoms with Crippen LogP contribution in [0.4, 0.5) is 5.69 Å². The first-order chi connectivity index (χ1) is 16.7. The third-order valence-corrected chi connectivity index (χ3v) is 6.64. The molecule has 34 heavy (non-hydrogen) atoms. The molecule has 2 aromatic heterocycles. The van der Waals surface area contributed by atoms with E-state index in [-0.39, 0.29) is 5.91 Å². The lowest BCUT2D eigenvalue weighted by atomic mass is 10.0. The normalized spacial score (nSPS) is 14.5. The van der Waals surface area contributed by atoms with E-state index in [0.717, 1.165) is 77.8 Å². The summed E-state index contributed by atoms with van der Waals surface area (Å²) in [6.45, 7) is 6.85. The highest BCUT2D eigenvalue weighted by atomic mass is 16.5. The van der Waals surface area contributed by atoms with E-state index in [2.05, 4.69) is 29.6 Å². The van der Waals surface area contributed by atoms with Gasteiger partial charge in [-0.05, 0) is 43.0 Å². The highest BCUT2D eigenvalue weighted by Gasteiger charge is 2.22. The molecule has 1 aliphatic rings. The Morgan fingerprint density at radius 1 is 1.09 bits per heavy atom. The Bertz CT molecular complexity index is 1320. The number of nitrogens with one attached hydrogen (secondary N) is 2. The van der Waals surface area contributed by atoms with Gasteiger partial charge < -0.3 is 15.4 Å². The second-order valence-corrected chi connectivity index (χ2v) is 8.70. The van der Waals surface area contributed by atoms with Crippen LogP contribution < -0.4 is 10.6 Å². The molecule has 0 saturated carbocycles. The van der Waals surface area contributed by atoms with Gasteiger partial charge in [-0.3, -0.25) is 4.79 Å². The summed E-state index contributed by atoms with van der Waals surface area (Å²) in [7, 11) is 0. The summed E-state index contributed by atoms with van der Waals surface area (Å²) in [6.07, 6.45) is 4.57. The maximum absolute atomic E-state index is 13.3. The molecule has 1 amide bonds. The Kier molecular flexibility index (Phi) is 6.45. The molecule has 7 nitrogen and oxygen atoms in total. The van der Waals surface area contributed by atoms with Crippen LogP contribution in [0.15, 0.2) is 48.7 Å². The van der Waals surface area contributed by atoms with Gasteiger partial charge >= 0.3 is 0 Å². The molecule has 2 aromatic carbocycles. The van der Waals surface area contributed by atoms with Gasteiger partial charge in [0.1, 0.15) is 0 Å². The Morgan fingerprint density at radius 3 is 2.68 bits per heavy atom. The van der Waals surface area contributed by atoms with E-state index in [1.165, 1.54) is 0 Å². The summed E-state index contributed by atoms with van der Waals surface area (Å²) in [5, 5.41) is 14.5. The average Bonchev–Trinajstić information content (AvgIpc) is 3.30. The number of pyridine rings is 1. The number of hydrogen-bond donors (Lipinski definition) is 2. The molecule has 0 aliphatic carbocycles. The van der Waals surface area contributed by atoms with Crippen molar-refractivity contribution in [2.45, 2.75) is 52.2 Å². The van der Waals surface area contributed by atoms with Crippen LogP contribution in [0.2, 0.25) is 0 Å². The molecule has 1 fully saturated rings. The highest BCUT2D eigenvalue weighted by molar-refractivity contribution is 6.07. The van der Waals surface area contributed by atoms with Gasteiger partial charge in [-0.15, -0.1) is 0 Å². The van der Waals surface area contributed by atoms with Crippen molar-refractivity contribution in [2.24, 2.45) is 0 Å². The third-order valence-electron chi connectivity index (χ3n) is 6.64. The molecular weight excluding hydrogens is 426 g/mol. The van der Waals surface area contributed by atoms with Crippen molar-refractivity contribution < 1.29 is 9.53 Å². The van der Waals surface area contributed by atoms with Crippen LogP contribution >= 0.6 is 0 Å². The van der Waals surface area contributed by atoms with Gasteiger partial charge in [-0.25, -0.2) is 9.67 Å². The second-order valence-electron chi connectivity index (χ2n) is 8.70. The number of anilines is 1. The quantitative estimate of drug-likeness (QED) is 0.421. The SMILES string of the molecule is CCc1nc2c(cnn2CC)c(NC2CCOCC2)c1CNC(=O)c1cccc2ccccc12. The van der Waals surface area contributed by atoms with Crippen LogP contribution in [-0.4, -0.2) is 39.9 Å². The summed E-state index contributed by atoms with van der Waals surface area (Å²) >= 11 is 0. The van der Waals surface area contributed by atoms with Crippen LogP contribution in [0.3, 0.4) is 0 Å². The molecule has 0 radical (unpaired) electrons. The standard InChI is InChI=1S/C27H31N5O2/c1-3-24-22(16-28-27(33)21-11-7-9-18-8-5-6-10-20(18)21)25(30-19-12-14-34-15-13-19)23-17-29-32(4-2)26(23)31-24/h5-11,17,19H,3-4,12-16H2,1-2H3,(H,28,33)(H,30,31). The first kappa shape index (κ1) is 22.3. The Labute approximate surface area is 199 Å². The zero-order chi connectivity index (χ0) is 23.5. The van der Waals surface area contributed by atoms with Gasteiger partial charge in [0.15, 0.2) is 5.65 Å². The molecule has 0 spiro atoms. The molecule has 3 heterocycles. The maximum Gasteiger partial charge on any atom is 0.252 e. The average molecular weight is 458 g/mol. The molecular formula is C27H31N5O2. The van der Waals surface area contributed by atoms with Crippen LogP contribution in [0, 0.1) is 0 Å². The molecule has 0 bridgehead atoms. The minimum atomic E-state index is -0.0831. The first-order valence-corrected chi connectivity index (χ1v) is 12.2. The number of aryl methyl sites for hydroxylation is 2. The number of ether oxygens (including phenoxy) is 1. The van der Waals surface area contributed by atoms with Crippen molar-refractivity contribution in [3.63, 3.8) is 0 Å². The van der Waals surface area contributed by atoms with Crippen molar-refractivity contribution in [1.82, 2.24) is 20.1 Å². The fourth-order valence-corrected chi connectivity index (χ4v) is 4.79. The van der Waals surface area contributed by atoms with E-state index < -0.39 is 0 Å². The number of carbonyl (C=O) groups is 1. The maximum atomic E-state index is 13.3. The van der Waals surface area contributed by atoms with Crippen LogP contribution in [-0.2, 0) is 24.2 Å². The monoisotopic (exact) mass is 457 g/mol. The molecule has 1 saturated heterocycles. The lowest BCUT2D eigenvalue weighted by Crippen LogP contribution is -2.30. The minimum absolute atomic E-state index is 0.0831. The van der Waals surface area contributed by atoms with Gasteiger partial charge in [0.2, 0.25) is 0 Å². The largest absolute Gasteiger partial charge is 0.381 e. The molecule has 1 aliphatic heterocycles. The molecule has 5 rings (SSSR count). The van der Waals surface area contributed by atoms with Gasteiger partial charge in [0, 0.05) is 49.2 Å². The Morgan fingerprint density at radius 2 is 1.88 bits per heavy atom. The lowest BCUT2D eigenvalue weighted by molar-refractivity contribution is 0.0904. The van der Waals surface area contributed by atoms with Crippen molar-refractivity contribution in [2.75, 3.05) is 18.5 Å². The van der Waals surface area contributed by atoms with Gasteiger partial charge in [0.05, 0.1) is 17.3 Å². The summed E-state index contributed by atoms with van der Waals surface area (Å²) < 4.78 is 7.49. The van der Waals surface area contributed by atoms with Gasteiger partial charge in [0.25, 0.3) is 5.91 Å². The molecule has 4 aromatic rings. The number of fused-ring (bicyclic) bond motifs is 2. The van der Waals surface area contributed by atoms with E-state index in [9.17, 15) is 4.79 Å². The zero-order valence-electron chi connectivity index (χ0n) is 19.8. The summed E-state index contributed by atoms with van der Waals surface area (Å²) in [4.78, 5) is 18.2. The van der Waals surface area contributed by atoms with Gasteiger partial charge in [-0.1, -0.05) is 43.3 Å². The van der Waals surface area contributed by atoms with Crippen molar-refractivity contribution >= 4 is 33.4 Å². The van der Waals surface area contributed by atoms with E-state index in [1.54, 1.807) is 0 Å². The number of rotatable bonds is 7. The molecule has 7 heteroatoms. The Balaban J connectivity index is 1.51. The minimum Gasteiger partial charge on any atom is -0.381 e. The smallest absolute Gasteiger partial charge is 0.252 e. The van der Waals surface area contributed by atoms with Crippen molar-refractivity contribution in [1.29, 1.82) is 0 Å². The van der Waals surface area contributed by atoms with E-state index in [4.69, 9.17) is 9.72 Å². The Hall–Kier alpha value is -3.45. The van der Waals surface area contributed by atoms with Crippen molar-refractivity contribution in [3.8, 4) is 0 Å². The number of carbonyl (C=O) groups excluding carboxylic acids is 1. The van der Waals surface area contributed by atoms with Crippen molar-refractivity contribution in [3.05, 3.63) is 65.5 Å². The summed E-state index contributed by atoms with van der Waals surface area (Å²) in [5.74, 6) is -0.0831. The summed E-state index contributed by atoms with van der Waals surface area (Å²) in [5.41, 5.74) is 4.62. The highest BCUT2D eigenvalue weighted by Crippen LogP contribution is 2.31. The number of hydrogen-bond acceptors (Lipinski definition) is 5. The number of nitrogens with zero attached hydrogens (tertiary/aromatic N) is 3. The predicted molar refractivity (Wildman–Crippen MR) is 135 cm³/mol. The van der Waals surface area contributed by atoms with Crippen LogP contribution in [0.25, 0.3) is 21.8 Å². The predicted octanol–water partition coefficient (Wildman–Crippen LogP) is 4.69. The molecule has 176 valence electrons. The lowest BCUT2D eigenvalue weighted by Gasteiger charge is -2.26. The van der Waals surface area contributed by atoms with Crippen LogP contribution in [0.1, 0.15) is 48.3 Å².